The summed E-state index contributed by atoms with van der Waals surface area (Å²) in [4.78, 5) is 12.4. The Bertz CT molecular complexity index is 865. The van der Waals surface area contributed by atoms with E-state index >= 15 is 0 Å². The number of benzene rings is 2. The minimum absolute atomic E-state index is 0.0112. The molecule has 0 radical (unpaired) electrons. The van der Waals surface area contributed by atoms with Crippen LogP contribution >= 0.6 is 0 Å². The molecule has 0 aromatic heterocycles. The molecular weight excluding hydrogens is 364 g/mol. The van der Waals surface area contributed by atoms with Crippen LogP contribution in [0.1, 0.15) is 18.0 Å². The lowest BCUT2D eigenvalue weighted by atomic mass is 10.0. The summed E-state index contributed by atoms with van der Waals surface area (Å²) in [6.07, 6.45) is 1.56. The molecule has 0 saturated carbocycles. The van der Waals surface area contributed by atoms with Gasteiger partial charge in [0.25, 0.3) is 0 Å². The summed E-state index contributed by atoms with van der Waals surface area (Å²) >= 11 is 0. The molecule has 2 rings (SSSR count). The summed E-state index contributed by atoms with van der Waals surface area (Å²) in [5, 5.41) is 2.70. The number of nitrogens with one attached hydrogen (secondary N) is 1. The molecule has 1 atom stereocenters. The molecule has 0 unspecified atom stereocenters. The van der Waals surface area contributed by atoms with Crippen molar-refractivity contribution in [1.29, 1.82) is 0 Å². The first-order valence-corrected chi connectivity index (χ1v) is 9.88. The Kier molecular flexibility index (Phi) is 7.15. The van der Waals surface area contributed by atoms with Gasteiger partial charge in [-0.25, -0.2) is 8.42 Å². The fourth-order valence-electron chi connectivity index (χ4n) is 2.64. The summed E-state index contributed by atoms with van der Waals surface area (Å²) in [5.74, 6) is 0.396. The van der Waals surface area contributed by atoms with E-state index in [2.05, 4.69) is 11.9 Å². The van der Waals surface area contributed by atoms with Gasteiger partial charge in [-0.2, -0.15) is 4.31 Å². The summed E-state index contributed by atoms with van der Waals surface area (Å²) in [7, 11) is -0.725. The van der Waals surface area contributed by atoms with Gasteiger partial charge < -0.3 is 10.1 Å². The smallest absolute Gasteiger partial charge is 0.243 e. The molecule has 0 heterocycles. The maximum atomic E-state index is 13.0. The molecule has 0 aliphatic rings. The van der Waals surface area contributed by atoms with E-state index in [0.717, 1.165) is 0 Å². The Morgan fingerprint density at radius 3 is 2.37 bits per heavy atom. The number of rotatable bonds is 9. The predicted octanol–water partition coefficient (Wildman–Crippen LogP) is 2.75. The zero-order chi connectivity index (χ0) is 19.9. The topological polar surface area (TPSA) is 75.7 Å². The predicted molar refractivity (Wildman–Crippen MR) is 105 cm³/mol. The summed E-state index contributed by atoms with van der Waals surface area (Å²) < 4.78 is 32.4. The van der Waals surface area contributed by atoms with Crippen LogP contribution < -0.4 is 10.1 Å². The number of hydrogen-bond acceptors (Lipinski definition) is 4. The van der Waals surface area contributed by atoms with E-state index in [1.165, 1.54) is 23.5 Å². The molecule has 144 valence electrons. The highest BCUT2D eigenvalue weighted by Gasteiger charge is 2.30. The molecule has 1 N–H and O–H groups in total. The van der Waals surface area contributed by atoms with Crippen LogP contribution in [0.5, 0.6) is 5.75 Å². The number of hydrogen-bond donors (Lipinski definition) is 1. The molecule has 0 saturated heterocycles. The third-order valence-electron chi connectivity index (χ3n) is 4.18. The Morgan fingerprint density at radius 1 is 1.19 bits per heavy atom. The number of amides is 1. The number of carbonyl (C=O) groups excluding carboxylic acids is 1. The fraction of sp³-hybridized carbons (Fsp3) is 0.250. The van der Waals surface area contributed by atoms with Crippen LogP contribution in [0.4, 0.5) is 0 Å². The molecule has 6 nitrogen and oxygen atoms in total. The Labute approximate surface area is 160 Å². The first kappa shape index (κ1) is 20.7. The van der Waals surface area contributed by atoms with Gasteiger partial charge in [0.1, 0.15) is 5.75 Å². The Hall–Kier alpha value is -2.64. The number of nitrogens with zero attached hydrogens (tertiary/aromatic N) is 1. The second kappa shape index (κ2) is 9.34. The molecule has 2 aromatic carbocycles. The summed E-state index contributed by atoms with van der Waals surface area (Å²) in [5.41, 5.74) is 0.701. The Morgan fingerprint density at radius 2 is 1.81 bits per heavy atom. The van der Waals surface area contributed by atoms with E-state index in [-0.39, 0.29) is 17.2 Å². The van der Waals surface area contributed by atoms with Crippen LogP contribution in [0, 0.1) is 0 Å². The van der Waals surface area contributed by atoms with Gasteiger partial charge in [0.05, 0.1) is 18.0 Å². The maximum absolute atomic E-state index is 13.0. The number of ether oxygens (including phenoxy) is 1. The van der Waals surface area contributed by atoms with Crippen molar-refractivity contribution in [2.75, 3.05) is 20.7 Å². The van der Waals surface area contributed by atoms with E-state index in [0.29, 0.717) is 17.9 Å². The van der Waals surface area contributed by atoms with Gasteiger partial charge in [0.15, 0.2) is 0 Å². The molecule has 27 heavy (non-hydrogen) atoms. The molecule has 1 amide bonds. The van der Waals surface area contributed by atoms with E-state index in [1.54, 1.807) is 55.7 Å². The fourth-order valence-corrected chi connectivity index (χ4v) is 4.01. The number of methoxy groups -OCH3 is 1. The average Bonchev–Trinajstić information content (AvgIpc) is 2.70. The lowest BCUT2D eigenvalue weighted by Gasteiger charge is -2.27. The molecule has 0 bridgehead atoms. The first-order chi connectivity index (χ1) is 12.9. The highest BCUT2D eigenvalue weighted by Crippen LogP contribution is 2.30. The van der Waals surface area contributed by atoms with Crippen molar-refractivity contribution in [3.05, 3.63) is 72.8 Å². The Balaban J connectivity index is 2.37. The number of sulfonamides is 1. The molecule has 0 spiro atoms. The van der Waals surface area contributed by atoms with Gasteiger partial charge in [-0.3, -0.25) is 4.79 Å². The largest absolute Gasteiger partial charge is 0.497 e. The van der Waals surface area contributed by atoms with E-state index in [4.69, 9.17) is 4.74 Å². The van der Waals surface area contributed by atoms with E-state index < -0.39 is 16.1 Å². The number of carbonyl (C=O) groups is 1. The molecule has 2 aromatic rings. The second-order valence-electron chi connectivity index (χ2n) is 5.92. The third-order valence-corrected chi connectivity index (χ3v) is 6.06. The van der Waals surface area contributed by atoms with Crippen LogP contribution in [0.2, 0.25) is 0 Å². The second-order valence-corrected chi connectivity index (χ2v) is 7.92. The average molecular weight is 388 g/mol. The van der Waals surface area contributed by atoms with E-state index in [9.17, 15) is 13.2 Å². The van der Waals surface area contributed by atoms with Gasteiger partial charge in [-0.15, -0.1) is 6.58 Å². The van der Waals surface area contributed by atoms with Crippen LogP contribution in [0.15, 0.2) is 72.1 Å². The van der Waals surface area contributed by atoms with Gasteiger partial charge in [-0.1, -0.05) is 36.4 Å². The SMILES string of the molecule is C=CCNC(=O)C[C@H](c1ccc(OC)cc1)N(C)S(=O)(=O)c1ccccc1. The zero-order valence-corrected chi connectivity index (χ0v) is 16.3. The van der Waals surface area contributed by atoms with Gasteiger partial charge in [0.2, 0.25) is 15.9 Å². The molecule has 0 aliphatic carbocycles. The standard InChI is InChI=1S/C20H24N2O4S/c1-4-14-21-20(23)15-19(16-10-12-17(26-3)13-11-16)22(2)27(24,25)18-8-6-5-7-9-18/h4-13,19H,1,14-15H2,2-3H3,(H,21,23)/t19-/m1/s1. The maximum Gasteiger partial charge on any atom is 0.243 e. The summed E-state index contributed by atoms with van der Waals surface area (Å²) in [6.45, 7) is 3.89. The first-order valence-electron chi connectivity index (χ1n) is 8.44. The van der Waals surface area contributed by atoms with E-state index in [1.807, 2.05) is 0 Å². The van der Waals surface area contributed by atoms with Crippen LogP contribution in [-0.2, 0) is 14.8 Å². The van der Waals surface area contributed by atoms with Crippen molar-refractivity contribution in [3.8, 4) is 5.75 Å². The molecular formula is C20H24N2O4S. The minimum atomic E-state index is -3.77. The van der Waals surface area contributed by atoms with Crippen molar-refractivity contribution < 1.29 is 17.9 Å². The van der Waals surface area contributed by atoms with Gasteiger partial charge in [-0.05, 0) is 29.8 Å². The lowest BCUT2D eigenvalue weighted by molar-refractivity contribution is -0.121. The van der Waals surface area contributed by atoms with Crippen LogP contribution in [-0.4, -0.2) is 39.3 Å². The van der Waals surface area contributed by atoms with Crippen LogP contribution in [0.25, 0.3) is 0 Å². The zero-order valence-electron chi connectivity index (χ0n) is 15.5. The van der Waals surface area contributed by atoms with Gasteiger partial charge >= 0.3 is 0 Å². The van der Waals surface area contributed by atoms with Crippen molar-refractivity contribution in [1.82, 2.24) is 9.62 Å². The highest BCUT2D eigenvalue weighted by molar-refractivity contribution is 7.89. The van der Waals surface area contributed by atoms with Crippen molar-refractivity contribution in [2.45, 2.75) is 17.4 Å². The lowest BCUT2D eigenvalue weighted by Crippen LogP contribution is -2.35. The third kappa shape index (κ3) is 5.18. The highest BCUT2D eigenvalue weighted by atomic mass is 32.2. The summed E-state index contributed by atoms with van der Waals surface area (Å²) in [6, 6.07) is 14.5. The van der Waals surface area contributed by atoms with Crippen LogP contribution in [0.3, 0.4) is 0 Å². The van der Waals surface area contributed by atoms with Crippen molar-refractivity contribution >= 4 is 15.9 Å². The quantitative estimate of drug-likeness (QED) is 0.670. The molecule has 7 heteroatoms. The van der Waals surface area contributed by atoms with Gasteiger partial charge in [0, 0.05) is 20.0 Å². The monoisotopic (exact) mass is 388 g/mol. The van der Waals surface area contributed by atoms with Crippen molar-refractivity contribution in [2.24, 2.45) is 0 Å². The molecule has 0 fully saturated rings. The van der Waals surface area contributed by atoms with Crippen molar-refractivity contribution in [3.63, 3.8) is 0 Å². The minimum Gasteiger partial charge on any atom is -0.497 e. The molecule has 0 aliphatic heterocycles. The normalized spacial score (nSPS) is 12.4.